The normalized spacial score (nSPS) is 16.7. The van der Waals surface area contributed by atoms with Crippen LogP contribution in [0.3, 0.4) is 0 Å². The molecule has 1 aliphatic rings. The fraction of sp³-hybridized carbons (Fsp3) is 0.125. The molecule has 0 bridgehead atoms. The largest absolute Gasteiger partial charge is 0.508 e. The Bertz CT molecular complexity index is 253. The molecule has 2 nitrogen and oxygen atoms in total. The number of allylic oxidation sites excluding steroid dienone is 5. The summed E-state index contributed by atoms with van der Waals surface area (Å²) in [7, 11) is 0. The Morgan fingerprint density at radius 2 is 2.30 bits per heavy atom. The fourth-order valence-corrected chi connectivity index (χ4v) is 0.699. The van der Waals surface area contributed by atoms with Crippen molar-refractivity contribution in [3.8, 4) is 6.07 Å². The van der Waals surface area contributed by atoms with E-state index in [1.54, 1.807) is 18.2 Å². The minimum atomic E-state index is 0.199. The van der Waals surface area contributed by atoms with Crippen LogP contribution in [0, 0.1) is 11.3 Å². The number of aliphatic hydroxyl groups excluding tert-OH is 1. The number of nitrogens with zero attached hydrogens (tertiary/aromatic N) is 1. The maximum absolute atomic E-state index is 8.92. The molecule has 0 aromatic heterocycles. The van der Waals surface area contributed by atoms with E-state index in [0.717, 1.165) is 0 Å². The Morgan fingerprint density at radius 1 is 1.50 bits per heavy atom. The van der Waals surface area contributed by atoms with Gasteiger partial charge in [0.05, 0.1) is 6.07 Å². The zero-order valence-electron chi connectivity index (χ0n) is 5.41. The summed E-state index contributed by atoms with van der Waals surface area (Å²) < 4.78 is 0. The van der Waals surface area contributed by atoms with Gasteiger partial charge in [-0.05, 0) is 18.2 Å². The number of hydrogen-bond acceptors (Lipinski definition) is 2. The Hall–Kier alpha value is -1.49. The van der Waals surface area contributed by atoms with Gasteiger partial charge < -0.3 is 5.11 Å². The van der Waals surface area contributed by atoms with E-state index in [2.05, 4.69) is 0 Å². The van der Waals surface area contributed by atoms with Crippen molar-refractivity contribution in [3.05, 3.63) is 35.6 Å². The van der Waals surface area contributed by atoms with Crippen molar-refractivity contribution in [2.24, 2.45) is 0 Å². The van der Waals surface area contributed by atoms with Gasteiger partial charge in [-0.3, -0.25) is 0 Å². The Kier molecular flexibility index (Phi) is 1.91. The summed E-state index contributed by atoms with van der Waals surface area (Å²) in [5, 5.41) is 17.4. The zero-order valence-corrected chi connectivity index (χ0v) is 5.41. The Labute approximate surface area is 59.4 Å². The van der Waals surface area contributed by atoms with Gasteiger partial charge in [0.25, 0.3) is 0 Å². The molecule has 0 radical (unpaired) electrons. The first-order valence-corrected chi connectivity index (χ1v) is 2.99. The van der Waals surface area contributed by atoms with Gasteiger partial charge in [0.1, 0.15) is 5.76 Å². The summed E-state index contributed by atoms with van der Waals surface area (Å²) >= 11 is 0. The summed E-state index contributed by atoms with van der Waals surface area (Å²) in [4.78, 5) is 0. The smallest absolute Gasteiger partial charge is 0.115 e. The third-order valence-electron chi connectivity index (χ3n) is 1.23. The van der Waals surface area contributed by atoms with E-state index in [-0.39, 0.29) is 5.76 Å². The Morgan fingerprint density at radius 3 is 3.00 bits per heavy atom. The second-order valence-electron chi connectivity index (χ2n) is 2.00. The highest BCUT2D eigenvalue weighted by Gasteiger charge is 1.94. The molecule has 1 aliphatic carbocycles. The monoisotopic (exact) mass is 133 g/mol. The summed E-state index contributed by atoms with van der Waals surface area (Å²) in [6.07, 6.45) is 7.09. The lowest BCUT2D eigenvalue weighted by atomic mass is 10.2. The van der Waals surface area contributed by atoms with Gasteiger partial charge in [-0.15, -0.1) is 0 Å². The molecule has 0 amide bonds. The minimum Gasteiger partial charge on any atom is -0.508 e. The lowest BCUT2D eigenvalue weighted by Crippen LogP contribution is -1.70. The van der Waals surface area contributed by atoms with Crippen LogP contribution in [0.25, 0.3) is 0 Å². The maximum atomic E-state index is 8.92. The van der Waals surface area contributed by atoms with E-state index in [1.165, 1.54) is 6.08 Å². The zero-order chi connectivity index (χ0) is 7.40. The van der Waals surface area contributed by atoms with E-state index < -0.39 is 0 Å². The van der Waals surface area contributed by atoms with Gasteiger partial charge in [-0.1, -0.05) is 6.08 Å². The van der Waals surface area contributed by atoms with Gasteiger partial charge in [-0.2, -0.15) is 5.26 Å². The minimum absolute atomic E-state index is 0.199. The lowest BCUT2D eigenvalue weighted by Gasteiger charge is -1.83. The van der Waals surface area contributed by atoms with E-state index in [4.69, 9.17) is 10.4 Å². The molecule has 2 heteroatoms. The van der Waals surface area contributed by atoms with Gasteiger partial charge in [-0.25, -0.2) is 0 Å². The highest BCUT2D eigenvalue weighted by Crippen LogP contribution is 2.07. The molecule has 0 aliphatic heterocycles. The molecule has 0 aromatic rings. The predicted octanol–water partition coefficient (Wildman–Crippen LogP) is 1.84. The molecular weight excluding hydrogens is 126 g/mol. The molecule has 0 fully saturated rings. The molecule has 0 saturated heterocycles. The van der Waals surface area contributed by atoms with Crippen LogP contribution in [0.2, 0.25) is 0 Å². The number of aliphatic hydroxyl groups is 1. The summed E-state index contributed by atoms with van der Waals surface area (Å²) in [6.45, 7) is 0. The third-order valence-corrected chi connectivity index (χ3v) is 1.23. The average molecular weight is 133 g/mol. The topological polar surface area (TPSA) is 44.0 Å². The number of nitriles is 1. The van der Waals surface area contributed by atoms with Crippen molar-refractivity contribution >= 4 is 0 Å². The molecule has 0 unspecified atom stereocenters. The predicted molar refractivity (Wildman–Crippen MR) is 38.2 cm³/mol. The molecule has 0 aromatic carbocycles. The lowest BCUT2D eigenvalue weighted by molar-refractivity contribution is 0.432. The van der Waals surface area contributed by atoms with Crippen LogP contribution in [0.4, 0.5) is 0 Å². The molecule has 0 spiro atoms. The molecule has 0 heterocycles. The van der Waals surface area contributed by atoms with Crippen LogP contribution in [0.1, 0.15) is 6.42 Å². The quantitative estimate of drug-likeness (QED) is 0.548. The highest BCUT2D eigenvalue weighted by molar-refractivity contribution is 5.33. The van der Waals surface area contributed by atoms with E-state index in [0.29, 0.717) is 12.0 Å². The number of rotatable bonds is 0. The highest BCUT2D eigenvalue weighted by atomic mass is 16.3. The van der Waals surface area contributed by atoms with E-state index >= 15 is 0 Å². The van der Waals surface area contributed by atoms with Crippen molar-refractivity contribution in [2.45, 2.75) is 6.42 Å². The second kappa shape index (κ2) is 2.88. The van der Waals surface area contributed by atoms with Crippen molar-refractivity contribution in [1.29, 1.82) is 5.26 Å². The first-order valence-electron chi connectivity index (χ1n) is 2.99. The van der Waals surface area contributed by atoms with Crippen LogP contribution in [0.15, 0.2) is 35.6 Å². The first kappa shape index (κ1) is 6.63. The molecule has 0 saturated carbocycles. The van der Waals surface area contributed by atoms with Crippen molar-refractivity contribution in [3.63, 3.8) is 0 Å². The molecule has 1 N–H and O–H groups in total. The van der Waals surface area contributed by atoms with Gasteiger partial charge in [0, 0.05) is 12.0 Å². The maximum Gasteiger partial charge on any atom is 0.115 e. The van der Waals surface area contributed by atoms with Gasteiger partial charge in [0.15, 0.2) is 0 Å². The van der Waals surface area contributed by atoms with Crippen LogP contribution in [-0.4, -0.2) is 5.11 Å². The van der Waals surface area contributed by atoms with E-state index in [1.807, 2.05) is 6.07 Å². The second-order valence-corrected chi connectivity index (χ2v) is 2.00. The Balaban J connectivity index is 2.86. The van der Waals surface area contributed by atoms with Crippen LogP contribution < -0.4 is 0 Å². The molecule has 1 rings (SSSR count). The fourth-order valence-electron chi connectivity index (χ4n) is 0.699. The van der Waals surface area contributed by atoms with Crippen molar-refractivity contribution in [2.75, 3.05) is 0 Å². The van der Waals surface area contributed by atoms with Gasteiger partial charge in [0.2, 0.25) is 0 Å². The summed E-state index contributed by atoms with van der Waals surface area (Å²) in [5.41, 5.74) is 0.667. The number of hydrogen-bond donors (Lipinski definition) is 1. The van der Waals surface area contributed by atoms with Crippen LogP contribution in [-0.2, 0) is 0 Å². The SMILES string of the molecule is N#CC1=CC=C(O)C=CC1. The van der Waals surface area contributed by atoms with Crippen LogP contribution in [0.5, 0.6) is 0 Å². The molecule has 50 valence electrons. The molecule has 10 heavy (non-hydrogen) atoms. The third kappa shape index (κ3) is 1.49. The first-order chi connectivity index (χ1) is 4.83. The molecular formula is C8H7NO. The van der Waals surface area contributed by atoms with E-state index in [9.17, 15) is 0 Å². The summed E-state index contributed by atoms with van der Waals surface area (Å²) in [5.74, 6) is 0.199. The molecule has 0 atom stereocenters. The summed E-state index contributed by atoms with van der Waals surface area (Å²) in [6, 6.07) is 2.02. The van der Waals surface area contributed by atoms with Crippen molar-refractivity contribution < 1.29 is 5.11 Å². The van der Waals surface area contributed by atoms with Gasteiger partial charge >= 0.3 is 0 Å². The average Bonchev–Trinajstić information content (AvgIpc) is 2.14. The van der Waals surface area contributed by atoms with Crippen molar-refractivity contribution in [1.82, 2.24) is 0 Å². The standard InChI is InChI=1S/C8H7NO/c9-6-7-2-1-3-8(10)5-4-7/h1,3-5,10H,2H2. The van der Waals surface area contributed by atoms with Crippen LogP contribution >= 0.6 is 0 Å².